The highest BCUT2D eigenvalue weighted by molar-refractivity contribution is 7.54. The standard InChI is InChI=1S/C32H47N6O10P/c1-2-46-49(44,47-27-18-16-26(17-19-27)37(40)41)25-15-11-7-5-3-4-6-10-14-24-45-32(39)34-23-13-9-8-12-22-33-28-20-21-29(38(42)43)31-30(28)35-48-36-31/h16-21,33H,2-15,22-25H2,1H3,(H,34,39). The quantitative estimate of drug-likeness (QED) is 0.0347. The second-order valence-corrected chi connectivity index (χ2v) is 13.6. The number of nitro benzene ring substituents is 2. The van der Waals surface area contributed by atoms with E-state index in [-0.39, 0.29) is 23.5 Å². The summed E-state index contributed by atoms with van der Waals surface area (Å²) in [5.41, 5.74) is 0.887. The lowest BCUT2D eigenvalue weighted by atomic mass is 10.1. The van der Waals surface area contributed by atoms with Gasteiger partial charge in [0.1, 0.15) is 5.75 Å². The summed E-state index contributed by atoms with van der Waals surface area (Å²) < 4.78 is 34.0. The molecule has 49 heavy (non-hydrogen) atoms. The van der Waals surface area contributed by atoms with Crippen LogP contribution in [-0.2, 0) is 13.8 Å². The van der Waals surface area contributed by atoms with Crippen molar-refractivity contribution in [1.29, 1.82) is 0 Å². The molecule has 1 amide bonds. The number of nitrogens with one attached hydrogen (secondary N) is 2. The number of hydrogen-bond donors (Lipinski definition) is 2. The molecule has 0 spiro atoms. The summed E-state index contributed by atoms with van der Waals surface area (Å²) in [4.78, 5) is 32.8. The first kappa shape index (κ1) is 39.1. The van der Waals surface area contributed by atoms with E-state index in [9.17, 15) is 29.6 Å². The first-order valence-corrected chi connectivity index (χ1v) is 18.7. The van der Waals surface area contributed by atoms with Gasteiger partial charge in [0, 0.05) is 31.3 Å². The zero-order valence-electron chi connectivity index (χ0n) is 28.0. The highest BCUT2D eigenvalue weighted by Gasteiger charge is 2.25. The smallest absolute Gasteiger partial charge is 0.407 e. The lowest BCUT2D eigenvalue weighted by molar-refractivity contribution is -0.384. The molecular weight excluding hydrogens is 659 g/mol. The molecule has 0 saturated heterocycles. The summed E-state index contributed by atoms with van der Waals surface area (Å²) >= 11 is 0. The van der Waals surface area contributed by atoms with Gasteiger partial charge in [0.2, 0.25) is 5.52 Å². The Morgan fingerprint density at radius 2 is 1.41 bits per heavy atom. The Hall–Kier alpha value is -4.30. The maximum absolute atomic E-state index is 13.1. The van der Waals surface area contributed by atoms with Crippen LogP contribution in [0.5, 0.6) is 5.75 Å². The number of ether oxygens (including phenoxy) is 1. The molecule has 0 aliphatic carbocycles. The van der Waals surface area contributed by atoms with Crippen LogP contribution in [0.25, 0.3) is 11.0 Å². The summed E-state index contributed by atoms with van der Waals surface area (Å²) in [6.45, 7) is 3.62. The van der Waals surface area contributed by atoms with Gasteiger partial charge in [-0.1, -0.05) is 57.8 Å². The topological polar surface area (TPSA) is 211 Å². The van der Waals surface area contributed by atoms with Crippen molar-refractivity contribution in [2.45, 2.75) is 90.4 Å². The molecule has 2 aromatic carbocycles. The van der Waals surface area contributed by atoms with Crippen LogP contribution in [0.4, 0.5) is 21.9 Å². The summed E-state index contributed by atoms with van der Waals surface area (Å²) in [6.07, 6.45) is 12.4. The van der Waals surface area contributed by atoms with Crippen molar-refractivity contribution in [1.82, 2.24) is 15.6 Å². The van der Waals surface area contributed by atoms with Crippen molar-refractivity contribution in [2.75, 3.05) is 37.8 Å². The lowest BCUT2D eigenvalue weighted by Gasteiger charge is -2.18. The summed E-state index contributed by atoms with van der Waals surface area (Å²) in [5, 5.41) is 35.3. The molecule has 16 nitrogen and oxygen atoms in total. The van der Waals surface area contributed by atoms with E-state index in [0.717, 1.165) is 77.0 Å². The molecule has 3 rings (SSSR count). The van der Waals surface area contributed by atoms with Gasteiger partial charge in [-0.05, 0) is 61.1 Å². The van der Waals surface area contributed by atoms with Gasteiger partial charge in [0.25, 0.3) is 5.69 Å². The molecule has 0 saturated carbocycles. The summed E-state index contributed by atoms with van der Waals surface area (Å²) in [7, 11) is -3.33. The predicted molar refractivity (Wildman–Crippen MR) is 184 cm³/mol. The maximum atomic E-state index is 13.1. The Balaban J connectivity index is 1.10. The van der Waals surface area contributed by atoms with Gasteiger partial charge in [0.15, 0.2) is 5.52 Å². The molecule has 270 valence electrons. The highest BCUT2D eigenvalue weighted by Crippen LogP contribution is 2.49. The molecular formula is C32H47N6O10P. The summed E-state index contributed by atoms with van der Waals surface area (Å²) in [5.74, 6) is 0.291. The predicted octanol–water partition coefficient (Wildman–Crippen LogP) is 8.56. The van der Waals surface area contributed by atoms with Gasteiger partial charge in [-0.3, -0.25) is 20.2 Å². The molecule has 1 heterocycles. The molecule has 17 heteroatoms. The number of non-ortho nitro benzene ring substituents is 2. The fourth-order valence-corrected chi connectivity index (χ4v) is 6.86. The number of nitro groups is 2. The molecule has 0 radical (unpaired) electrons. The number of carbonyl (C=O) groups is 1. The van der Waals surface area contributed by atoms with Crippen LogP contribution in [0.15, 0.2) is 41.0 Å². The number of alkyl carbamates (subject to hydrolysis) is 1. The fourth-order valence-electron chi connectivity index (χ4n) is 5.14. The number of rotatable bonds is 26. The fraction of sp³-hybridized carbons (Fsp3) is 0.594. The second kappa shape index (κ2) is 21.6. The number of carbonyl (C=O) groups excluding carboxylic acids is 1. The zero-order valence-corrected chi connectivity index (χ0v) is 28.9. The largest absolute Gasteiger partial charge is 0.450 e. The average Bonchev–Trinajstić information content (AvgIpc) is 3.57. The van der Waals surface area contributed by atoms with Crippen molar-refractivity contribution in [3.05, 3.63) is 56.6 Å². The maximum Gasteiger partial charge on any atom is 0.407 e. The molecule has 0 fully saturated rings. The van der Waals surface area contributed by atoms with E-state index in [4.69, 9.17) is 13.8 Å². The van der Waals surface area contributed by atoms with Crippen molar-refractivity contribution >= 4 is 41.8 Å². The van der Waals surface area contributed by atoms with Crippen LogP contribution < -0.4 is 15.2 Å². The molecule has 0 aliphatic rings. The van der Waals surface area contributed by atoms with Gasteiger partial charge < -0.3 is 24.4 Å². The minimum absolute atomic E-state index is 0.0597. The van der Waals surface area contributed by atoms with Crippen LogP contribution in [-0.4, -0.2) is 58.7 Å². The van der Waals surface area contributed by atoms with E-state index < -0.39 is 23.5 Å². The van der Waals surface area contributed by atoms with Gasteiger partial charge >= 0.3 is 19.4 Å². The van der Waals surface area contributed by atoms with E-state index in [1.54, 1.807) is 13.0 Å². The van der Waals surface area contributed by atoms with E-state index in [0.29, 0.717) is 49.2 Å². The van der Waals surface area contributed by atoms with E-state index in [1.807, 2.05) is 0 Å². The summed E-state index contributed by atoms with van der Waals surface area (Å²) in [6, 6.07) is 8.47. The minimum Gasteiger partial charge on any atom is -0.450 e. The Bertz CT molecular complexity index is 1500. The Labute approximate surface area is 285 Å². The zero-order chi connectivity index (χ0) is 35.3. The normalized spacial score (nSPS) is 12.3. The van der Waals surface area contributed by atoms with Crippen molar-refractivity contribution in [3.8, 4) is 5.75 Å². The third-order valence-corrected chi connectivity index (χ3v) is 9.71. The minimum atomic E-state index is -3.33. The molecule has 1 unspecified atom stereocenters. The van der Waals surface area contributed by atoms with E-state index >= 15 is 0 Å². The van der Waals surface area contributed by atoms with Crippen LogP contribution in [0.2, 0.25) is 0 Å². The molecule has 2 N–H and O–H groups in total. The third-order valence-electron chi connectivity index (χ3n) is 7.71. The second-order valence-electron chi connectivity index (χ2n) is 11.5. The Morgan fingerprint density at radius 1 is 0.796 bits per heavy atom. The average molecular weight is 707 g/mol. The molecule has 0 aliphatic heterocycles. The van der Waals surface area contributed by atoms with E-state index in [2.05, 4.69) is 25.6 Å². The number of anilines is 1. The molecule has 1 atom stereocenters. The first-order chi connectivity index (χ1) is 23.7. The molecule has 1 aromatic heterocycles. The monoisotopic (exact) mass is 706 g/mol. The SMILES string of the molecule is CCOP(=O)(CCCCCCCCCCCOC(=O)NCCCCCCNc1ccc([N+](=O)[O-])c2nonc12)Oc1ccc([N+](=O)[O-])cc1. The van der Waals surface area contributed by atoms with Crippen LogP contribution >= 0.6 is 7.60 Å². The third kappa shape index (κ3) is 14.4. The lowest BCUT2D eigenvalue weighted by Crippen LogP contribution is -2.25. The van der Waals surface area contributed by atoms with Crippen molar-refractivity contribution < 1.29 is 37.6 Å². The van der Waals surface area contributed by atoms with Crippen molar-refractivity contribution in [2.24, 2.45) is 0 Å². The molecule has 3 aromatic rings. The number of unbranched alkanes of at least 4 members (excludes halogenated alkanes) is 11. The van der Waals surface area contributed by atoms with Gasteiger partial charge in [0.05, 0.1) is 34.9 Å². The number of amides is 1. The van der Waals surface area contributed by atoms with Crippen LogP contribution in [0.1, 0.15) is 90.4 Å². The number of nitrogens with zero attached hydrogens (tertiary/aromatic N) is 4. The van der Waals surface area contributed by atoms with Gasteiger partial charge in [-0.25, -0.2) is 14.0 Å². The van der Waals surface area contributed by atoms with E-state index in [1.165, 1.54) is 30.3 Å². The highest BCUT2D eigenvalue weighted by atomic mass is 31.2. The Morgan fingerprint density at radius 3 is 2.06 bits per heavy atom. The number of aromatic nitrogens is 2. The van der Waals surface area contributed by atoms with Crippen LogP contribution in [0.3, 0.4) is 0 Å². The first-order valence-electron chi connectivity index (χ1n) is 16.9. The number of hydrogen-bond acceptors (Lipinski definition) is 13. The Kier molecular flexibility index (Phi) is 17.3. The van der Waals surface area contributed by atoms with Crippen molar-refractivity contribution in [3.63, 3.8) is 0 Å². The van der Waals surface area contributed by atoms with Gasteiger partial charge in [-0.2, -0.15) is 0 Å². The number of fused-ring (bicyclic) bond motifs is 1. The number of benzene rings is 2. The van der Waals surface area contributed by atoms with Gasteiger partial charge in [-0.15, -0.1) is 0 Å². The molecule has 0 bridgehead atoms. The van der Waals surface area contributed by atoms with Crippen LogP contribution in [0, 0.1) is 20.2 Å².